The summed E-state index contributed by atoms with van der Waals surface area (Å²) in [6.45, 7) is 2.11. The minimum atomic E-state index is -0.710. The predicted molar refractivity (Wildman–Crippen MR) is 131 cm³/mol. The van der Waals surface area contributed by atoms with Gasteiger partial charge < -0.3 is 25.6 Å². The third-order valence-electron chi connectivity index (χ3n) is 8.31. The predicted octanol–water partition coefficient (Wildman–Crippen LogP) is 1.96. The second kappa shape index (κ2) is 9.74. The summed E-state index contributed by atoms with van der Waals surface area (Å²) in [7, 11) is 1.71. The average Bonchev–Trinajstić information content (AvgIpc) is 3.43. The van der Waals surface area contributed by atoms with E-state index in [-0.39, 0.29) is 29.2 Å². The van der Waals surface area contributed by atoms with E-state index in [1.165, 1.54) is 11.1 Å². The van der Waals surface area contributed by atoms with Gasteiger partial charge in [-0.05, 0) is 57.2 Å². The summed E-state index contributed by atoms with van der Waals surface area (Å²) in [4.78, 5) is 42.0. The van der Waals surface area contributed by atoms with Gasteiger partial charge in [0.25, 0.3) is 0 Å². The van der Waals surface area contributed by atoms with Gasteiger partial charge in [0.1, 0.15) is 18.3 Å². The summed E-state index contributed by atoms with van der Waals surface area (Å²) in [5.41, 5.74) is 2.08. The minimum absolute atomic E-state index is 0.0621. The summed E-state index contributed by atoms with van der Waals surface area (Å²) in [5, 5.41) is 9.11. The number of hydrogen-bond acceptors (Lipinski definition) is 5. The van der Waals surface area contributed by atoms with Gasteiger partial charge >= 0.3 is 0 Å². The molecule has 4 aliphatic rings. The topological polar surface area (TPSA) is 99.8 Å². The van der Waals surface area contributed by atoms with Crippen molar-refractivity contribution in [2.45, 2.75) is 82.3 Å². The lowest BCUT2D eigenvalue weighted by Crippen LogP contribution is -2.58. The maximum Gasteiger partial charge on any atom is 0.247 e. The molecule has 188 valence electrons. The van der Waals surface area contributed by atoms with Crippen LogP contribution in [0.1, 0.15) is 62.6 Å². The van der Waals surface area contributed by atoms with Crippen LogP contribution in [-0.4, -0.2) is 60.6 Å². The molecule has 1 aromatic carbocycles. The van der Waals surface area contributed by atoms with Gasteiger partial charge in [-0.3, -0.25) is 14.4 Å². The van der Waals surface area contributed by atoms with Crippen LogP contribution in [0, 0.1) is 5.41 Å². The fraction of sp³-hybridized carbons (Fsp3) is 0.593. The summed E-state index contributed by atoms with van der Waals surface area (Å²) in [6.07, 6.45) is 9.19. The summed E-state index contributed by atoms with van der Waals surface area (Å²) in [6, 6.07) is 6.46. The van der Waals surface area contributed by atoms with E-state index < -0.39 is 24.4 Å². The molecule has 2 aliphatic carbocycles. The molecule has 2 saturated heterocycles. The highest BCUT2D eigenvalue weighted by Crippen LogP contribution is 2.51. The Morgan fingerprint density at radius 2 is 1.89 bits per heavy atom. The molecule has 1 aromatic rings. The molecule has 1 unspecified atom stereocenters. The molecule has 2 aliphatic heterocycles. The number of rotatable bonds is 5. The standard InChI is InChI=1S/C27H36N4O4/c1-17(28-2)24(32)30-21-12-15-35-22-16-27(13-5-6-14-27)23(31(22)26(21)34)25(33)29-20-11-7-9-18-8-3-4-10-19(18)20/h3-6,8,10,17,20-23,28H,7,9,11-16H2,1-2H3,(H,29,33)(H,30,32)/t17-,20+,21-,22-,23?/m0/s1. The highest BCUT2D eigenvalue weighted by molar-refractivity contribution is 5.94. The molecular weight excluding hydrogens is 444 g/mol. The van der Waals surface area contributed by atoms with Gasteiger partial charge in [-0.15, -0.1) is 0 Å². The molecule has 8 heteroatoms. The molecule has 5 atom stereocenters. The van der Waals surface area contributed by atoms with Crippen LogP contribution in [0.2, 0.25) is 0 Å². The Balaban J connectivity index is 1.42. The van der Waals surface area contributed by atoms with Crippen molar-refractivity contribution in [3.63, 3.8) is 0 Å². The second-order valence-corrected chi connectivity index (χ2v) is 10.4. The number of carbonyl (C=O) groups is 3. The van der Waals surface area contributed by atoms with E-state index in [9.17, 15) is 14.4 Å². The van der Waals surface area contributed by atoms with Crippen molar-refractivity contribution in [3.05, 3.63) is 47.5 Å². The molecule has 5 rings (SSSR count). The Morgan fingerprint density at radius 3 is 2.66 bits per heavy atom. The normalized spacial score (nSPS) is 29.9. The van der Waals surface area contributed by atoms with Crippen molar-refractivity contribution in [2.75, 3.05) is 13.7 Å². The maximum absolute atomic E-state index is 14.0. The van der Waals surface area contributed by atoms with Crippen LogP contribution < -0.4 is 16.0 Å². The zero-order chi connectivity index (χ0) is 24.6. The van der Waals surface area contributed by atoms with Crippen LogP contribution >= 0.6 is 0 Å². The quantitative estimate of drug-likeness (QED) is 0.560. The van der Waals surface area contributed by atoms with Crippen molar-refractivity contribution >= 4 is 17.7 Å². The van der Waals surface area contributed by atoms with E-state index in [0.717, 1.165) is 32.1 Å². The van der Waals surface area contributed by atoms with Gasteiger partial charge in [0.05, 0.1) is 18.7 Å². The molecule has 3 N–H and O–H groups in total. The number of nitrogens with zero attached hydrogens (tertiary/aromatic N) is 1. The van der Waals surface area contributed by atoms with E-state index in [2.05, 4.69) is 40.2 Å². The van der Waals surface area contributed by atoms with Gasteiger partial charge in [-0.2, -0.15) is 0 Å². The van der Waals surface area contributed by atoms with Crippen LogP contribution in [0.5, 0.6) is 0 Å². The highest BCUT2D eigenvalue weighted by atomic mass is 16.5. The minimum Gasteiger partial charge on any atom is -0.358 e. The Labute approximate surface area is 206 Å². The number of amides is 3. The van der Waals surface area contributed by atoms with Crippen LogP contribution in [-0.2, 0) is 25.5 Å². The van der Waals surface area contributed by atoms with Crippen molar-refractivity contribution in [1.29, 1.82) is 0 Å². The highest BCUT2D eigenvalue weighted by Gasteiger charge is 2.59. The number of nitrogens with one attached hydrogen (secondary N) is 3. The van der Waals surface area contributed by atoms with Gasteiger partial charge in [-0.1, -0.05) is 36.4 Å². The number of allylic oxidation sites excluding steroid dienone is 2. The summed E-state index contributed by atoms with van der Waals surface area (Å²) in [5.74, 6) is -0.580. The number of fused-ring (bicyclic) bond motifs is 2. The third kappa shape index (κ3) is 4.38. The maximum atomic E-state index is 14.0. The van der Waals surface area contributed by atoms with Gasteiger partial charge in [0.2, 0.25) is 17.7 Å². The fourth-order valence-corrected chi connectivity index (χ4v) is 6.28. The first-order valence-electron chi connectivity index (χ1n) is 12.9. The smallest absolute Gasteiger partial charge is 0.247 e. The number of hydrogen-bond donors (Lipinski definition) is 3. The molecule has 8 nitrogen and oxygen atoms in total. The van der Waals surface area contributed by atoms with Gasteiger partial charge in [0, 0.05) is 18.3 Å². The van der Waals surface area contributed by atoms with E-state index in [0.29, 0.717) is 19.4 Å². The van der Waals surface area contributed by atoms with Crippen LogP contribution in [0.25, 0.3) is 0 Å². The lowest BCUT2D eigenvalue weighted by molar-refractivity contribution is -0.150. The van der Waals surface area contributed by atoms with E-state index in [4.69, 9.17) is 4.74 Å². The Bertz CT molecular complexity index is 1020. The zero-order valence-corrected chi connectivity index (χ0v) is 20.6. The van der Waals surface area contributed by atoms with E-state index >= 15 is 0 Å². The number of ether oxygens (including phenoxy) is 1. The Hall–Kier alpha value is -2.71. The first-order chi connectivity index (χ1) is 16.9. The molecule has 2 heterocycles. The molecule has 2 fully saturated rings. The first-order valence-corrected chi connectivity index (χ1v) is 12.9. The van der Waals surface area contributed by atoms with Gasteiger partial charge in [0.15, 0.2) is 0 Å². The molecule has 0 radical (unpaired) electrons. The lowest BCUT2D eigenvalue weighted by atomic mass is 9.77. The first kappa shape index (κ1) is 24.0. The average molecular weight is 481 g/mol. The Morgan fingerprint density at radius 1 is 1.11 bits per heavy atom. The van der Waals surface area contributed by atoms with Crippen molar-refractivity contribution in [1.82, 2.24) is 20.9 Å². The Kier molecular flexibility index (Phi) is 6.68. The molecule has 0 saturated carbocycles. The van der Waals surface area contributed by atoms with E-state index in [1.54, 1.807) is 18.9 Å². The lowest BCUT2D eigenvalue weighted by Gasteiger charge is -2.37. The van der Waals surface area contributed by atoms with E-state index in [1.807, 2.05) is 12.1 Å². The summed E-state index contributed by atoms with van der Waals surface area (Å²) >= 11 is 0. The molecule has 35 heavy (non-hydrogen) atoms. The van der Waals surface area contributed by atoms with Crippen molar-refractivity contribution < 1.29 is 19.1 Å². The monoisotopic (exact) mass is 480 g/mol. The number of benzene rings is 1. The third-order valence-corrected chi connectivity index (χ3v) is 8.31. The molecular formula is C27H36N4O4. The molecule has 3 amide bonds. The number of likely N-dealkylation sites (N-methyl/N-ethyl adjacent to an activating group) is 1. The SMILES string of the molecule is CN[C@@H](C)C(=O)N[C@H]1CCO[C@H]2CC3(CC=CC3)C(C(=O)N[C@@H]3CCCc4ccccc43)N2C1=O. The van der Waals surface area contributed by atoms with Crippen LogP contribution in [0.15, 0.2) is 36.4 Å². The molecule has 1 spiro atoms. The van der Waals surface area contributed by atoms with Crippen LogP contribution in [0.4, 0.5) is 0 Å². The largest absolute Gasteiger partial charge is 0.358 e. The van der Waals surface area contributed by atoms with Crippen molar-refractivity contribution in [3.8, 4) is 0 Å². The number of carbonyl (C=O) groups excluding carboxylic acids is 3. The summed E-state index contributed by atoms with van der Waals surface area (Å²) < 4.78 is 6.14. The van der Waals surface area contributed by atoms with Crippen LogP contribution in [0.3, 0.4) is 0 Å². The fourth-order valence-electron chi connectivity index (χ4n) is 6.28. The molecule has 0 aromatic heterocycles. The zero-order valence-electron chi connectivity index (χ0n) is 20.6. The van der Waals surface area contributed by atoms with Crippen molar-refractivity contribution in [2.24, 2.45) is 5.41 Å². The number of aryl methyl sites for hydroxylation is 1. The second-order valence-electron chi connectivity index (χ2n) is 10.4. The molecule has 0 bridgehead atoms. The van der Waals surface area contributed by atoms with Gasteiger partial charge in [-0.25, -0.2) is 0 Å².